The van der Waals surface area contributed by atoms with E-state index in [0.29, 0.717) is 23.7 Å². The lowest BCUT2D eigenvalue weighted by Crippen LogP contribution is -2.52. The van der Waals surface area contributed by atoms with E-state index in [1.165, 1.54) is 24.3 Å². The minimum absolute atomic E-state index is 0.00968. The van der Waals surface area contributed by atoms with Gasteiger partial charge in [-0.15, -0.1) is 0 Å². The van der Waals surface area contributed by atoms with Crippen LogP contribution in [0.1, 0.15) is 52.9 Å². The number of amides is 3. The molecule has 2 aromatic carbocycles. The molecule has 0 radical (unpaired) electrons. The molecule has 7 rings (SSSR count). The number of anilines is 1. The number of primary amides is 1. The summed E-state index contributed by atoms with van der Waals surface area (Å²) in [4.78, 5) is 47.6. The number of hydrogen-bond acceptors (Lipinski definition) is 7. The van der Waals surface area contributed by atoms with E-state index in [1.807, 2.05) is 0 Å². The van der Waals surface area contributed by atoms with E-state index in [-0.39, 0.29) is 58.2 Å². The second kappa shape index (κ2) is 11.5. The van der Waals surface area contributed by atoms with Crippen molar-refractivity contribution in [1.29, 1.82) is 0 Å². The number of carbonyl (C=O) groups excluding carboxylic acids is 3. The number of pyridine rings is 2. The number of benzene rings is 2. The fourth-order valence-corrected chi connectivity index (χ4v) is 6.42. The van der Waals surface area contributed by atoms with Gasteiger partial charge in [-0.25, -0.2) is 9.37 Å². The number of aromatic nitrogens is 2. The average molecular weight is 678 g/mol. The van der Waals surface area contributed by atoms with Gasteiger partial charge in [0.15, 0.2) is 0 Å². The molecule has 0 saturated heterocycles. The van der Waals surface area contributed by atoms with Crippen molar-refractivity contribution in [3.63, 3.8) is 0 Å². The molecule has 10 nitrogen and oxygen atoms in total. The Morgan fingerprint density at radius 3 is 2.41 bits per heavy atom. The van der Waals surface area contributed by atoms with Gasteiger partial charge >= 0.3 is 6.18 Å². The Hall–Kier alpha value is -5.11. The number of halogens is 4. The number of nitrogens with two attached hydrogens (primary N) is 1. The monoisotopic (exact) mass is 677 g/mol. The average Bonchev–Trinajstić information content (AvgIpc) is 4.00. The highest BCUT2D eigenvalue weighted by Gasteiger charge is 2.60. The van der Waals surface area contributed by atoms with Gasteiger partial charge in [-0.3, -0.25) is 19.4 Å². The molecule has 3 amide bonds. The van der Waals surface area contributed by atoms with Crippen LogP contribution < -0.4 is 21.1 Å². The first-order valence-electron chi connectivity index (χ1n) is 15.7. The standard InChI is InChI=1S/C35H31F4N5O5/c1-17-10-20-11-21(12-25(27(20)41-14-17)43-31(46)19-2-3-19)30(45)42-15-34(48,35(37,38)39)26-13-24-29(28(44-26)18-4-8-23(36)9-5-18)49-16-33(24,32(40)47)22-6-7-22/h4-5,8-14,19,22,48H,2-3,6-7,15-16H2,1H3,(H2,40,47)(H,42,45)(H,43,46)/t33-,34?/m1/s1. The molecule has 14 heteroatoms. The summed E-state index contributed by atoms with van der Waals surface area (Å²) in [5.41, 5.74) is 1.04. The highest BCUT2D eigenvalue weighted by Crippen LogP contribution is 2.56. The second-order valence-electron chi connectivity index (χ2n) is 13.1. The zero-order valence-corrected chi connectivity index (χ0v) is 26.2. The molecule has 2 aromatic heterocycles. The summed E-state index contributed by atoms with van der Waals surface area (Å²) in [5, 5.41) is 16.9. The van der Waals surface area contributed by atoms with Crippen LogP contribution in [0.5, 0.6) is 5.75 Å². The normalized spacial score (nSPS) is 19.9. The zero-order chi connectivity index (χ0) is 34.9. The molecule has 1 unspecified atom stereocenters. The van der Waals surface area contributed by atoms with E-state index in [0.717, 1.165) is 36.6 Å². The molecule has 2 aliphatic carbocycles. The largest absolute Gasteiger partial charge is 0.489 e. The quantitative estimate of drug-likeness (QED) is 0.186. The number of rotatable bonds is 9. The Morgan fingerprint density at radius 1 is 1.06 bits per heavy atom. The Labute approximate surface area is 277 Å². The van der Waals surface area contributed by atoms with Crippen LogP contribution in [0.15, 0.2) is 54.7 Å². The number of nitrogens with zero attached hydrogens (tertiary/aromatic N) is 2. The zero-order valence-electron chi connectivity index (χ0n) is 26.2. The molecule has 5 N–H and O–H groups in total. The predicted octanol–water partition coefficient (Wildman–Crippen LogP) is 4.80. The molecular weight excluding hydrogens is 646 g/mol. The molecule has 3 heterocycles. The first-order chi connectivity index (χ1) is 23.2. The molecule has 2 saturated carbocycles. The number of carbonyl (C=O) groups is 3. The molecule has 3 aliphatic rings. The van der Waals surface area contributed by atoms with Crippen molar-refractivity contribution in [2.75, 3.05) is 18.5 Å². The fourth-order valence-electron chi connectivity index (χ4n) is 6.42. The third-order valence-electron chi connectivity index (χ3n) is 9.51. The van der Waals surface area contributed by atoms with Gasteiger partial charge in [-0.05, 0) is 92.6 Å². The third kappa shape index (κ3) is 5.63. The predicted molar refractivity (Wildman–Crippen MR) is 169 cm³/mol. The van der Waals surface area contributed by atoms with E-state index >= 15 is 0 Å². The van der Waals surface area contributed by atoms with E-state index in [2.05, 4.69) is 20.6 Å². The molecule has 1 aliphatic heterocycles. The molecule has 2 fully saturated rings. The van der Waals surface area contributed by atoms with Crippen LogP contribution in [-0.4, -0.2) is 52.1 Å². The second-order valence-corrected chi connectivity index (χ2v) is 13.1. The summed E-state index contributed by atoms with van der Waals surface area (Å²) < 4.78 is 64.6. The number of aliphatic hydroxyl groups is 1. The van der Waals surface area contributed by atoms with E-state index in [4.69, 9.17) is 10.5 Å². The maximum Gasteiger partial charge on any atom is 0.424 e. The molecule has 0 spiro atoms. The van der Waals surface area contributed by atoms with Gasteiger partial charge < -0.3 is 26.2 Å². The number of fused-ring (bicyclic) bond motifs is 2. The first kappa shape index (κ1) is 32.4. The van der Waals surface area contributed by atoms with E-state index in [1.54, 1.807) is 19.2 Å². The third-order valence-corrected chi connectivity index (χ3v) is 9.51. The summed E-state index contributed by atoms with van der Waals surface area (Å²) in [6.07, 6.45) is -1.19. The Kier molecular flexibility index (Phi) is 7.61. The van der Waals surface area contributed by atoms with Crippen LogP contribution in [0.4, 0.5) is 23.2 Å². The Bertz CT molecular complexity index is 2030. The van der Waals surface area contributed by atoms with Gasteiger partial charge in [0, 0.05) is 34.2 Å². The maximum absolute atomic E-state index is 15.0. The van der Waals surface area contributed by atoms with E-state index < -0.39 is 47.1 Å². The summed E-state index contributed by atoms with van der Waals surface area (Å²) in [6, 6.07) is 10.2. The van der Waals surface area contributed by atoms with Crippen LogP contribution in [0, 0.1) is 24.6 Å². The van der Waals surface area contributed by atoms with Crippen molar-refractivity contribution >= 4 is 34.3 Å². The topological polar surface area (TPSA) is 157 Å². The smallest absolute Gasteiger partial charge is 0.424 e. The molecule has 4 aromatic rings. The van der Waals surface area contributed by atoms with Crippen LogP contribution in [0.2, 0.25) is 0 Å². The van der Waals surface area contributed by atoms with Crippen LogP contribution in [-0.2, 0) is 20.6 Å². The van der Waals surface area contributed by atoms with Crippen molar-refractivity contribution < 1.29 is 41.8 Å². The van der Waals surface area contributed by atoms with Crippen molar-refractivity contribution in [2.45, 2.75) is 49.8 Å². The highest BCUT2D eigenvalue weighted by atomic mass is 19.4. The first-order valence-corrected chi connectivity index (χ1v) is 15.7. The number of hydrogen-bond donors (Lipinski definition) is 4. The Balaban J connectivity index is 1.29. The lowest BCUT2D eigenvalue weighted by molar-refractivity contribution is -0.265. The van der Waals surface area contributed by atoms with Crippen molar-refractivity contribution in [1.82, 2.24) is 15.3 Å². The number of nitrogens with one attached hydrogen (secondary N) is 2. The molecule has 254 valence electrons. The van der Waals surface area contributed by atoms with Gasteiger partial charge in [0.2, 0.25) is 17.4 Å². The highest BCUT2D eigenvalue weighted by molar-refractivity contribution is 6.06. The van der Waals surface area contributed by atoms with Crippen LogP contribution in [0.3, 0.4) is 0 Å². The maximum atomic E-state index is 15.0. The van der Waals surface area contributed by atoms with Gasteiger partial charge in [0.25, 0.3) is 5.91 Å². The fraction of sp³-hybridized carbons (Fsp3) is 0.343. The summed E-state index contributed by atoms with van der Waals surface area (Å²) in [5.74, 6) is -3.10. The minimum Gasteiger partial charge on any atom is -0.489 e. The SMILES string of the molecule is Cc1cnc2c(NC(=O)C3CC3)cc(C(=O)NCC(O)(c3cc4c(c(-c5ccc(F)cc5)n3)OC[C@@]4(C(N)=O)C3CC3)C(F)(F)F)cc2c1. The van der Waals surface area contributed by atoms with Gasteiger partial charge in [-0.1, -0.05) is 0 Å². The van der Waals surface area contributed by atoms with Gasteiger partial charge in [0.05, 0.1) is 23.4 Å². The van der Waals surface area contributed by atoms with Crippen molar-refractivity contribution in [2.24, 2.45) is 17.6 Å². The number of aryl methyl sites for hydroxylation is 1. The van der Waals surface area contributed by atoms with Gasteiger partial charge in [-0.2, -0.15) is 13.2 Å². The minimum atomic E-state index is -5.39. The molecule has 0 bridgehead atoms. The molecular formula is C35H31F4N5O5. The van der Waals surface area contributed by atoms with Gasteiger partial charge in [0.1, 0.15) is 29.3 Å². The summed E-state index contributed by atoms with van der Waals surface area (Å²) >= 11 is 0. The van der Waals surface area contributed by atoms with Crippen molar-refractivity contribution in [3.8, 4) is 17.0 Å². The molecule has 49 heavy (non-hydrogen) atoms. The van der Waals surface area contributed by atoms with Crippen LogP contribution >= 0.6 is 0 Å². The number of alkyl halides is 3. The number of ether oxygens (including phenoxy) is 1. The van der Waals surface area contributed by atoms with E-state index in [9.17, 15) is 37.1 Å². The molecule has 2 atom stereocenters. The van der Waals surface area contributed by atoms with Crippen molar-refractivity contribution in [3.05, 3.63) is 82.9 Å². The lowest BCUT2D eigenvalue weighted by Gasteiger charge is -2.32. The lowest BCUT2D eigenvalue weighted by atomic mass is 9.76. The summed E-state index contributed by atoms with van der Waals surface area (Å²) in [6.45, 7) is 0.167. The van der Waals surface area contributed by atoms with Crippen LogP contribution in [0.25, 0.3) is 22.2 Å². The Morgan fingerprint density at radius 2 is 1.78 bits per heavy atom. The summed E-state index contributed by atoms with van der Waals surface area (Å²) in [7, 11) is 0.